The summed E-state index contributed by atoms with van der Waals surface area (Å²) in [6.45, 7) is 4.34. The molecule has 2 heterocycles. The number of alkyl halides is 2. The molecule has 6 heteroatoms. The molecule has 1 N–H and O–H groups in total. The third-order valence-corrected chi connectivity index (χ3v) is 4.06. The molecule has 1 saturated heterocycles. The van der Waals surface area contributed by atoms with Crippen molar-refractivity contribution in [1.82, 2.24) is 5.32 Å². The first-order chi connectivity index (χ1) is 9.07. The van der Waals surface area contributed by atoms with E-state index < -0.39 is 5.76 Å². The molecule has 1 fully saturated rings. The van der Waals surface area contributed by atoms with Gasteiger partial charge in [-0.1, -0.05) is 11.8 Å². The molecule has 19 heavy (non-hydrogen) atoms. The van der Waals surface area contributed by atoms with Crippen molar-refractivity contribution < 1.29 is 17.9 Å². The number of ether oxygens (including phenoxy) is 1. The molecule has 1 aromatic heterocycles. The standard InChI is InChI=1S/C13H19F2NO2S/c1-13(4-6-17-7-5-13)16-8-10-2-3-11(18-10)9-19-12(14)15/h2-3,12,16H,4-9H2,1H3. The van der Waals surface area contributed by atoms with Crippen molar-refractivity contribution in [2.75, 3.05) is 13.2 Å². The Kier molecular flexibility index (Phi) is 5.24. The van der Waals surface area contributed by atoms with E-state index >= 15 is 0 Å². The van der Waals surface area contributed by atoms with Crippen LogP contribution >= 0.6 is 11.8 Å². The molecule has 0 spiro atoms. The first-order valence-corrected chi connectivity index (χ1v) is 7.42. The highest BCUT2D eigenvalue weighted by molar-refractivity contribution is 7.98. The smallest absolute Gasteiger partial charge is 0.284 e. The fourth-order valence-corrected chi connectivity index (χ4v) is 2.48. The maximum absolute atomic E-state index is 12.1. The molecule has 1 aliphatic rings. The van der Waals surface area contributed by atoms with E-state index in [-0.39, 0.29) is 11.3 Å². The van der Waals surface area contributed by atoms with E-state index in [9.17, 15) is 8.78 Å². The zero-order valence-corrected chi connectivity index (χ0v) is 11.8. The summed E-state index contributed by atoms with van der Waals surface area (Å²) in [5, 5.41) is 3.46. The summed E-state index contributed by atoms with van der Waals surface area (Å²) in [6.07, 6.45) is 1.95. The SMILES string of the molecule is CC1(NCc2ccc(CSC(F)F)o2)CCOCC1. The van der Waals surface area contributed by atoms with Crippen molar-refractivity contribution in [1.29, 1.82) is 0 Å². The van der Waals surface area contributed by atoms with Gasteiger partial charge < -0.3 is 14.5 Å². The Morgan fingerprint density at radius 2 is 2.00 bits per heavy atom. The second-order valence-corrected chi connectivity index (χ2v) is 5.94. The lowest BCUT2D eigenvalue weighted by molar-refractivity contribution is 0.0439. The zero-order valence-electron chi connectivity index (χ0n) is 11.0. The lowest BCUT2D eigenvalue weighted by Crippen LogP contribution is -2.46. The zero-order chi connectivity index (χ0) is 13.7. The highest BCUT2D eigenvalue weighted by atomic mass is 32.2. The van der Waals surface area contributed by atoms with Gasteiger partial charge in [0.2, 0.25) is 0 Å². The topological polar surface area (TPSA) is 34.4 Å². The van der Waals surface area contributed by atoms with E-state index in [1.807, 2.05) is 6.07 Å². The minimum absolute atomic E-state index is 0.0723. The van der Waals surface area contributed by atoms with Gasteiger partial charge in [0.25, 0.3) is 5.76 Å². The normalized spacial score (nSPS) is 18.9. The van der Waals surface area contributed by atoms with E-state index in [1.165, 1.54) is 0 Å². The quantitative estimate of drug-likeness (QED) is 0.871. The Bertz CT molecular complexity index is 392. The van der Waals surface area contributed by atoms with Gasteiger partial charge in [-0.2, -0.15) is 8.78 Å². The Hall–Kier alpha value is -0.590. The van der Waals surface area contributed by atoms with Crippen molar-refractivity contribution in [3.8, 4) is 0 Å². The Morgan fingerprint density at radius 1 is 1.32 bits per heavy atom. The monoisotopic (exact) mass is 291 g/mol. The average molecular weight is 291 g/mol. The number of halogens is 2. The summed E-state index contributed by atoms with van der Waals surface area (Å²) in [6, 6.07) is 3.61. The van der Waals surface area contributed by atoms with Gasteiger partial charge in [-0.15, -0.1) is 0 Å². The van der Waals surface area contributed by atoms with Crippen LogP contribution in [0.2, 0.25) is 0 Å². The van der Waals surface area contributed by atoms with E-state index in [2.05, 4.69) is 12.2 Å². The van der Waals surface area contributed by atoms with Gasteiger partial charge in [-0.3, -0.25) is 0 Å². The summed E-state index contributed by atoms with van der Waals surface area (Å²) >= 11 is 0.579. The summed E-state index contributed by atoms with van der Waals surface area (Å²) in [4.78, 5) is 0. The number of hydrogen-bond donors (Lipinski definition) is 1. The number of rotatable bonds is 6. The minimum Gasteiger partial charge on any atom is -0.464 e. The Balaban J connectivity index is 1.79. The van der Waals surface area contributed by atoms with E-state index in [0.717, 1.165) is 31.8 Å². The van der Waals surface area contributed by atoms with E-state index in [0.29, 0.717) is 24.1 Å². The highest BCUT2D eigenvalue weighted by Crippen LogP contribution is 2.23. The van der Waals surface area contributed by atoms with Crippen molar-refractivity contribution in [2.45, 2.75) is 43.4 Å². The van der Waals surface area contributed by atoms with Gasteiger partial charge in [-0.05, 0) is 31.9 Å². The number of thioether (sulfide) groups is 1. The van der Waals surface area contributed by atoms with Crippen LogP contribution in [0.1, 0.15) is 31.3 Å². The Labute approximate surface area is 116 Å². The molecule has 0 amide bonds. The molecule has 2 rings (SSSR count). The predicted molar refractivity (Wildman–Crippen MR) is 71.3 cm³/mol. The van der Waals surface area contributed by atoms with Crippen LogP contribution in [-0.2, 0) is 17.0 Å². The molecule has 0 bridgehead atoms. The maximum Gasteiger partial charge on any atom is 0.284 e. The van der Waals surface area contributed by atoms with Crippen LogP contribution in [0.4, 0.5) is 8.78 Å². The average Bonchev–Trinajstić information content (AvgIpc) is 2.83. The van der Waals surface area contributed by atoms with Gasteiger partial charge in [-0.25, -0.2) is 0 Å². The van der Waals surface area contributed by atoms with Crippen LogP contribution in [0.5, 0.6) is 0 Å². The largest absolute Gasteiger partial charge is 0.464 e. The van der Waals surface area contributed by atoms with Crippen LogP contribution in [0.25, 0.3) is 0 Å². The maximum atomic E-state index is 12.1. The number of hydrogen-bond acceptors (Lipinski definition) is 4. The fraction of sp³-hybridized carbons (Fsp3) is 0.692. The van der Waals surface area contributed by atoms with Gasteiger partial charge in [0.05, 0.1) is 12.3 Å². The molecule has 1 aliphatic heterocycles. The van der Waals surface area contributed by atoms with Crippen LogP contribution in [-0.4, -0.2) is 24.5 Å². The molecule has 3 nitrogen and oxygen atoms in total. The first-order valence-electron chi connectivity index (χ1n) is 6.37. The molecule has 0 unspecified atom stereocenters. The number of nitrogens with one attached hydrogen (secondary N) is 1. The van der Waals surface area contributed by atoms with Gasteiger partial charge >= 0.3 is 0 Å². The molecule has 108 valence electrons. The molecular formula is C13H19F2NO2S. The number of furan rings is 1. The van der Waals surface area contributed by atoms with Crippen LogP contribution < -0.4 is 5.32 Å². The Morgan fingerprint density at radius 3 is 2.68 bits per heavy atom. The van der Waals surface area contributed by atoms with Crippen LogP contribution in [0.3, 0.4) is 0 Å². The lowest BCUT2D eigenvalue weighted by atomic mass is 9.92. The second-order valence-electron chi connectivity index (χ2n) is 4.97. The van der Waals surface area contributed by atoms with Crippen LogP contribution in [0, 0.1) is 0 Å². The molecule has 0 aliphatic carbocycles. The summed E-state index contributed by atoms with van der Waals surface area (Å²) in [7, 11) is 0. The van der Waals surface area contributed by atoms with E-state index in [1.54, 1.807) is 6.07 Å². The van der Waals surface area contributed by atoms with E-state index in [4.69, 9.17) is 9.15 Å². The van der Waals surface area contributed by atoms with Gasteiger partial charge in [0.15, 0.2) is 0 Å². The van der Waals surface area contributed by atoms with Crippen molar-refractivity contribution in [2.24, 2.45) is 0 Å². The van der Waals surface area contributed by atoms with Crippen LogP contribution in [0.15, 0.2) is 16.5 Å². The molecule has 0 atom stereocenters. The second kappa shape index (κ2) is 6.72. The molecule has 0 radical (unpaired) electrons. The summed E-state index contributed by atoms with van der Waals surface area (Å²) in [5.74, 6) is -0.757. The predicted octanol–water partition coefficient (Wildman–Crippen LogP) is 3.39. The molecular weight excluding hydrogens is 272 g/mol. The van der Waals surface area contributed by atoms with Crippen molar-refractivity contribution >= 4 is 11.8 Å². The van der Waals surface area contributed by atoms with Gasteiger partial charge in [0, 0.05) is 18.8 Å². The highest BCUT2D eigenvalue weighted by Gasteiger charge is 2.26. The molecule has 0 aromatic carbocycles. The molecule has 0 saturated carbocycles. The first kappa shape index (κ1) is 14.8. The molecule has 1 aromatic rings. The van der Waals surface area contributed by atoms with Crippen molar-refractivity contribution in [3.05, 3.63) is 23.7 Å². The lowest BCUT2D eigenvalue weighted by Gasteiger charge is -2.34. The van der Waals surface area contributed by atoms with Crippen molar-refractivity contribution in [3.63, 3.8) is 0 Å². The fourth-order valence-electron chi connectivity index (χ4n) is 2.04. The summed E-state index contributed by atoms with van der Waals surface area (Å²) in [5.41, 5.74) is 0.0723. The summed E-state index contributed by atoms with van der Waals surface area (Å²) < 4.78 is 35.0. The minimum atomic E-state index is -2.35. The third kappa shape index (κ3) is 4.78. The third-order valence-electron chi connectivity index (χ3n) is 3.35. The van der Waals surface area contributed by atoms with Gasteiger partial charge in [0.1, 0.15) is 11.5 Å².